The molecule has 4 unspecified atom stereocenters. The number of likely N-dealkylation sites (tertiary alicyclic amines) is 1. The molecule has 2 N–H and O–H groups in total. The molecule has 0 amide bonds. The Morgan fingerprint density at radius 2 is 1.81 bits per heavy atom. The van der Waals surface area contributed by atoms with Crippen molar-refractivity contribution in [2.24, 2.45) is 23.5 Å². The van der Waals surface area contributed by atoms with Gasteiger partial charge in [-0.1, -0.05) is 33.6 Å². The second kappa shape index (κ2) is 4.66. The number of hydrogen-bond donors (Lipinski definition) is 1. The molecule has 2 aliphatic rings. The van der Waals surface area contributed by atoms with E-state index in [1.807, 2.05) is 0 Å². The van der Waals surface area contributed by atoms with Gasteiger partial charge in [-0.2, -0.15) is 0 Å². The van der Waals surface area contributed by atoms with Crippen LogP contribution in [0.15, 0.2) is 0 Å². The maximum absolute atomic E-state index is 6.13. The zero-order chi connectivity index (χ0) is 11.8. The average molecular weight is 224 g/mol. The van der Waals surface area contributed by atoms with Crippen LogP contribution in [0, 0.1) is 17.8 Å². The molecule has 2 rings (SSSR count). The Balaban J connectivity index is 2.09. The quantitative estimate of drug-likeness (QED) is 0.781. The van der Waals surface area contributed by atoms with Gasteiger partial charge in [-0.25, -0.2) is 0 Å². The van der Waals surface area contributed by atoms with Crippen LogP contribution in [0.1, 0.15) is 46.5 Å². The summed E-state index contributed by atoms with van der Waals surface area (Å²) in [7, 11) is 0. The Hall–Kier alpha value is -0.0800. The first kappa shape index (κ1) is 12.4. The Kier molecular flexibility index (Phi) is 3.60. The molecule has 94 valence electrons. The molecule has 1 aliphatic heterocycles. The van der Waals surface area contributed by atoms with Crippen molar-refractivity contribution in [2.45, 2.75) is 52.0 Å². The van der Waals surface area contributed by atoms with Gasteiger partial charge < -0.3 is 5.73 Å². The van der Waals surface area contributed by atoms with Crippen molar-refractivity contribution in [1.82, 2.24) is 4.90 Å². The first-order chi connectivity index (χ1) is 7.57. The molecule has 2 heteroatoms. The van der Waals surface area contributed by atoms with Crippen LogP contribution in [-0.2, 0) is 0 Å². The summed E-state index contributed by atoms with van der Waals surface area (Å²) in [6.45, 7) is 10.6. The summed E-state index contributed by atoms with van der Waals surface area (Å²) in [5.74, 6) is 2.56. The van der Waals surface area contributed by atoms with Crippen LogP contribution in [-0.4, -0.2) is 30.1 Å². The fraction of sp³-hybridized carbons (Fsp3) is 1.00. The average Bonchev–Trinajstić information content (AvgIpc) is 2.59. The number of nitrogens with zero attached hydrogens (tertiary/aromatic N) is 1. The SMILES string of the molecule is CC1CCCC(CN)(N2CC(C)C(C)C2)C1. The van der Waals surface area contributed by atoms with Gasteiger partial charge in [0.25, 0.3) is 0 Å². The van der Waals surface area contributed by atoms with Crippen molar-refractivity contribution in [2.75, 3.05) is 19.6 Å². The lowest BCUT2D eigenvalue weighted by molar-refractivity contribution is 0.0553. The number of rotatable bonds is 2. The van der Waals surface area contributed by atoms with Crippen molar-refractivity contribution in [3.8, 4) is 0 Å². The molecular weight excluding hydrogens is 196 g/mol. The summed E-state index contributed by atoms with van der Waals surface area (Å²) in [4.78, 5) is 2.72. The van der Waals surface area contributed by atoms with Crippen LogP contribution in [0.3, 0.4) is 0 Å². The van der Waals surface area contributed by atoms with Gasteiger partial charge >= 0.3 is 0 Å². The predicted octanol–water partition coefficient (Wildman–Crippen LogP) is 2.48. The predicted molar refractivity (Wildman–Crippen MR) is 69.3 cm³/mol. The monoisotopic (exact) mass is 224 g/mol. The molecule has 0 radical (unpaired) electrons. The van der Waals surface area contributed by atoms with E-state index in [2.05, 4.69) is 25.7 Å². The highest BCUT2D eigenvalue weighted by Gasteiger charge is 2.43. The molecule has 1 saturated heterocycles. The lowest BCUT2D eigenvalue weighted by Crippen LogP contribution is -2.55. The Morgan fingerprint density at radius 1 is 1.19 bits per heavy atom. The van der Waals surface area contributed by atoms with Gasteiger partial charge in [-0.15, -0.1) is 0 Å². The Bertz CT molecular complexity index is 231. The van der Waals surface area contributed by atoms with Gasteiger partial charge in [0.05, 0.1) is 0 Å². The first-order valence-corrected chi connectivity index (χ1v) is 7.02. The van der Waals surface area contributed by atoms with Gasteiger partial charge in [0.2, 0.25) is 0 Å². The van der Waals surface area contributed by atoms with Crippen LogP contribution < -0.4 is 5.73 Å². The van der Waals surface area contributed by atoms with Gasteiger partial charge in [-0.3, -0.25) is 4.90 Å². The molecule has 4 atom stereocenters. The third-order valence-electron chi connectivity index (χ3n) is 5.11. The third kappa shape index (κ3) is 2.14. The molecule has 1 aliphatic carbocycles. The summed E-state index contributed by atoms with van der Waals surface area (Å²) in [6, 6.07) is 0. The van der Waals surface area contributed by atoms with E-state index in [9.17, 15) is 0 Å². The second-order valence-corrected chi connectivity index (χ2v) is 6.49. The van der Waals surface area contributed by atoms with Crippen LogP contribution in [0.5, 0.6) is 0 Å². The van der Waals surface area contributed by atoms with Gasteiger partial charge in [0.1, 0.15) is 0 Å². The smallest absolute Gasteiger partial charge is 0.0334 e. The van der Waals surface area contributed by atoms with E-state index in [0.29, 0.717) is 5.54 Å². The zero-order valence-corrected chi connectivity index (χ0v) is 11.2. The highest BCUT2D eigenvalue weighted by atomic mass is 15.2. The molecule has 16 heavy (non-hydrogen) atoms. The third-order valence-corrected chi connectivity index (χ3v) is 5.11. The molecule has 2 nitrogen and oxygen atoms in total. The molecule has 0 spiro atoms. The van der Waals surface area contributed by atoms with Crippen LogP contribution in [0.2, 0.25) is 0 Å². The molecular formula is C14H28N2. The van der Waals surface area contributed by atoms with Gasteiger partial charge in [0.15, 0.2) is 0 Å². The minimum atomic E-state index is 0.344. The maximum atomic E-state index is 6.13. The Morgan fingerprint density at radius 3 is 2.31 bits per heavy atom. The molecule has 0 aromatic carbocycles. The topological polar surface area (TPSA) is 29.3 Å². The molecule has 0 bridgehead atoms. The van der Waals surface area contributed by atoms with E-state index in [0.717, 1.165) is 24.3 Å². The molecule has 1 heterocycles. The van der Waals surface area contributed by atoms with Crippen molar-refractivity contribution in [3.05, 3.63) is 0 Å². The normalized spacial score (nSPS) is 46.1. The van der Waals surface area contributed by atoms with Crippen molar-refractivity contribution in [3.63, 3.8) is 0 Å². The summed E-state index contributed by atoms with van der Waals surface area (Å²) in [5.41, 5.74) is 6.47. The molecule has 1 saturated carbocycles. The lowest BCUT2D eigenvalue weighted by atomic mass is 9.75. The van der Waals surface area contributed by atoms with E-state index < -0.39 is 0 Å². The summed E-state index contributed by atoms with van der Waals surface area (Å²) in [6.07, 6.45) is 5.43. The zero-order valence-electron chi connectivity index (χ0n) is 11.2. The number of hydrogen-bond acceptors (Lipinski definition) is 2. The van der Waals surface area contributed by atoms with Crippen LogP contribution in [0.25, 0.3) is 0 Å². The second-order valence-electron chi connectivity index (χ2n) is 6.49. The highest BCUT2D eigenvalue weighted by Crippen LogP contribution is 2.39. The van der Waals surface area contributed by atoms with Crippen molar-refractivity contribution >= 4 is 0 Å². The van der Waals surface area contributed by atoms with E-state index >= 15 is 0 Å². The van der Waals surface area contributed by atoms with Crippen LogP contribution in [0.4, 0.5) is 0 Å². The van der Waals surface area contributed by atoms with E-state index in [1.54, 1.807) is 0 Å². The largest absolute Gasteiger partial charge is 0.329 e. The number of nitrogens with two attached hydrogens (primary N) is 1. The fourth-order valence-corrected chi connectivity index (χ4v) is 3.75. The van der Waals surface area contributed by atoms with Crippen molar-refractivity contribution in [1.29, 1.82) is 0 Å². The fourth-order valence-electron chi connectivity index (χ4n) is 3.75. The van der Waals surface area contributed by atoms with Crippen LogP contribution >= 0.6 is 0 Å². The minimum absolute atomic E-state index is 0.344. The summed E-state index contributed by atoms with van der Waals surface area (Å²) >= 11 is 0. The Labute approximate surface area is 101 Å². The van der Waals surface area contributed by atoms with E-state index in [1.165, 1.54) is 38.8 Å². The maximum Gasteiger partial charge on any atom is 0.0334 e. The lowest BCUT2D eigenvalue weighted by Gasteiger charge is -2.46. The standard InChI is InChI=1S/C14H28N2/c1-11-5-4-6-14(7-11,10-15)16-8-12(2)13(3)9-16/h11-13H,4-10,15H2,1-3H3. The van der Waals surface area contributed by atoms with Crippen molar-refractivity contribution < 1.29 is 0 Å². The minimum Gasteiger partial charge on any atom is -0.329 e. The summed E-state index contributed by atoms with van der Waals surface area (Å²) < 4.78 is 0. The molecule has 2 fully saturated rings. The van der Waals surface area contributed by atoms with E-state index in [4.69, 9.17) is 5.73 Å². The highest BCUT2D eigenvalue weighted by molar-refractivity contribution is 4.99. The molecule has 0 aromatic heterocycles. The molecule has 0 aromatic rings. The first-order valence-electron chi connectivity index (χ1n) is 7.02. The van der Waals surface area contributed by atoms with Gasteiger partial charge in [-0.05, 0) is 30.6 Å². The van der Waals surface area contributed by atoms with Gasteiger partial charge in [0, 0.05) is 25.2 Å². The van der Waals surface area contributed by atoms with E-state index in [-0.39, 0.29) is 0 Å². The summed E-state index contributed by atoms with van der Waals surface area (Å²) in [5, 5.41) is 0.